The highest BCUT2D eigenvalue weighted by atomic mass is 32.2. The molecule has 0 unspecified atom stereocenters. The summed E-state index contributed by atoms with van der Waals surface area (Å²) in [6.45, 7) is 4.02. The van der Waals surface area contributed by atoms with Crippen LogP contribution in [0, 0.1) is 13.8 Å². The van der Waals surface area contributed by atoms with Crippen LogP contribution in [0.3, 0.4) is 0 Å². The van der Waals surface area contributed by atoms with Crippen LogP contribution in [0.25, 0.3) is 6.08 Å². The fourth-order valence-electron chi connectivity index (χ4n) is 2.45. The summed E-state index contributed by atoms with van der Waals surface area (Å²) in [6, 6.07) is 14.7. The molecule has 0 radical (unpaired) electrons. The molecule has 2 aromatic carbocycles. The molecule has 3 rings (SSSR count). The maximum Gasteiger partial charge on any atom is 0.285 e. The Morgan fingerprint density at radius 3 is 2.56 bits per heavy atom. The highest BCUT2D eigenvalue weighted by Crippen LogP contribution is 2.32. The van der Waals surface area contributed by atoms with Gasteiger partial charge in [-0.2, -0.15) is 5.01 Å². The number of amides is 2. The van der Waals surface area contributed by atoms with Gasteiger partial charge in [0.1, 0.15) is 0 Å². The van der Waals surface area contributed by atoms with Crippen molar-refractivity contribution < 1.29 is 9.59 Å². The second-order valence-corrected chi connectivity index (χ2v) is 7.36. The molecule has 1 aliphatic heterocycles. The van der Waals surface area contributed by atoms with E-state index in [0.717, 1.165) is 21.7 Å². The van der Waals surface area contributed by atoms with Gasteiger partial charge in [0.25, 0.3) is 11.8 Å². The predicted octanol–water partition coefficient (Wildman–Crippen LogP) is 3.85. The van der Waals surface area contributed by atoms with Gasteiger partial charge in [0.15, 0.2) is 4.32 Å². The molecule has 1 N–H and O–H groups in total. The maximum atomic E-state index is 12.6. The zero-order valence-corrected chi connectivity index (χ0v) is 15.4. The van der Waals surface area contributed by atoms with Gasteiger partial charge in [-0.1, -0.05) is 53.7 Å². The number of hydrogen-bond donors (Lipinski definition) is 1. The highest BCUT2D eigenvalue weighted by Gasteiger charge is 2.33. The number of hydrogen-bond acceptors (Lipinski definition) is 4. The Balaban J connectivity index is 1.80. The first-order valence-corrected chi connectivity index (χ1v) is 8.89. The van der Waals surface area contributed by atoms with Crippen LogP contribution in [0.15, 0.2) is 53.4 Å². The topological polar surface area (TPSA) is 49.4 Å². The summed E-state index contributed by atoms with van der Waals surface area (Å²) in [5.74, 6) is -0.691. The Morgan fingerprint density at radius 1 is 1.16 bits per heavy atom. The number of benzene rings is 2. The summed E-state index contributed by atoms with van der Waals surface area (Å²) in [6.07, 6.45) is 1.81. The minimum absolute atomic E-state index is 0.310. The summed E-state index contributed by atoms with van der Waals surface area (Å²) in [5, 5.41) is 1.13. The average molecular weight is 368 g/mol. The molecular formula is C19H16N2O2S2. The molecular weight excluding hydrogens is 352 g/mol. The third kappa shape index (κ3) is 3.81. The summed E-state index contributed by atoms with van der Waals surface area (Å²) in [5.41, 5.74) is 6.25. The van der Waals surface area contributed by atoms with E-state index in [1.807, 2.05) is 38.1 Å². The monoisotopic (exact) mass is 368 g/mol. The summed E-state index contributed by atoms with van der Waals surface area (Å²) < 4.78 is 0.310. The molecule has 0 saturated carbocycles. The normalized spacial score (nSPS) is 15.8. The summed E-state index contributed by atoms with van der Waals surface area (Å²) in [4.78, 5) is 25.3. The molecule has 0 spiro atoms. The molecule has 0 aromatic heterocycles. The van der Waals surface area contributed by atoms with Gasteiger partial charge in [-0.25, -0.2) is 0 Å². The van der Waals surface area contributed by atoms with Crippen molar-refractivity contribution in [1.82, 2.24) is 10.4 Å². The lowest BCUT2D eigenvalue weighted by atomic mass is 10.1. The lowest BCUT2D eigenvalue weighted by molar-refractivity contribution is -0.123. The quantitative estimate of drug-likeness (QED) is 0.660. The van der Waals surface area contributed by atoms with Crippen molar-refractivity contribution >= 4 is 46.2 Å². The van der Waals surface area contributed by atoms with E-state index in [1.54, 1.807) is 24.3 Å². The van der Waals surface area contributed by atoms with E-state index in [0.29, 0.717) is 14.8 Å². The molecule has 1 saturated heterocycles. The smallest absolute Gasteiger partial charge is 0.267 e. The first-order valence-electron chi connectivity index (χ1n) is 7.67. The van der Waals surface area contributed by atoms with Crippen molar-refractivity contribution in [2.45, 2.75) is 13.8 Å². The van der Waals surface area contributed by atoms with E-state index in [2.05, 4.69) is 11.5 Å². The minimum atomic E-state index is -0.371. The highest BCUT2D eigenvalue weighted by molar-refractivity contribution is 8.26. The Labute approximate surface area is 155 Å². The Bertz CT molecular complexity index is 892. The van der Waals surface area contributed by atoms with E-state index >= 15 is 0 Å². The zero-order valence-electron chi connectivity index (χ0n) is 13.8. The molecule has 25 heavy (non-hydrogen) atoms. The van der Waals surface area contributed by atoms with E-state index in [4.69, 9.17) is 12.2 Å². The van der Waals surface area contributed by atoms with Crippen molar-refractivity contribution in [3.8, 4) is 0 Å². The van der Waals surface area contributed by atoms with Crippen LogP contribution in [0.5, 0.6) is 0 Å². The molecule has 126 valence electrons. The first-order chi connectivity index (χ1) is 12.0. The van der Waals surface area contributed by atoms with Gasteiger partial charge < -0.3 is 0 Å². The Morgan fingerprint density at radius 2 is 1.88 bits per heavy atom. The number of thiocarbonyl (C=S) groups is 1. The molecule has 0 atom stereocenters. The molecule has 0 bridgehead atoms. The molecule has 0 aliphatic carbocycles. The number of thioether (sulfide) groups is 1. The molecule has 2 amide bonds. The summed E-state index contributed by atoms with van der Waals surface area (Å²) in [7, 11) is 0. The fourth-order valence-corrected chi connectivity index (χ4v) is 3.62. The molecule has 4 nitrogen and oxygen atoms in total. The van der Waals surface area contributed by atoms with Crippen LogP contribution in [0.1, 0.15) is 27.0 Å². The van der Waals surface area contributed by atoms with Crippen molar-refractivity contribution in [3.63, 3.8) is 0 Å². The molecule has 2 aromatic rings. The zero-order chi connectivity index (χ0) is 18.0. The molecule has 1 aliphatic rings. The number of nitrogens with one attached hydrogen (secondary N) is 1. The molecule has 1 heterocycles. The molecule has 1 fully saturated rings. The van der Waals surface area contributed by atoms with Crippen LogP contribution in [-0.4, -0.2) is 21.1 Å². The second-order valence-electron chi connectivity index (χ2n) is 5.68. The van der Waals surface area contributed by atoms with Crippen molar-refractivity contribution in [2.24, 2.45) is 0 Å². The van der Waals surface area contributed by atoms with Crippen LogP contribution in [-0.2, 0) is 4.79 Å². The average Bonchev–Trinajstić information content (AvgIpc) is 2.85. The molecule has 6 heteroatoms. The van der Waals surface area contributed by atoms with Gasteiger partial charge >= 0.3 is 0 Å². The van der Waals surface area contributed by atoms with E-state index in [-0.39, 0.29) is 11.8 Å². The van der Waals surface area contributed by atoms with Gasteiger partial charge in [0.2, 0.25) is 0 Å². The van der Waals surface area contributed by atoms with Gasteiger partial charge in [0.05, 0.1) is 4.91 Å². The number of carbonyl (C=O) groups is 2. The third-order valence-electron chi connectivity index (χ3n) is 3.75. The van der Waals surface area contributed by atoms with Gasteiger partial charge in [0, 0.05) is 5.56 Å². The number of aryl methyl sites for hydroxylation is 2. The predicted molar refractivity (Wildman–Crippen MR) is 105 cm³/mol. The van der Waals surface area contributed by atoms with Crippen molar-refractivity contribution in [3.05, 3.63) is 75.7 Å². The second kappa shape index (κ2) is 7.21. The maximum absolute atomic E-state index is 12.6. The van der Waals surface area contributed by atoms with Gasteiger partial charge in [-0.05, 0) is 55.4 Å². The van der Waals surface area contributed by atoms with Crippen LogP contribution >= 0.6 is 24.0 Å². The Kier molecular flexibility index (Phi) is 5.01. The van der Waals surface area contributed by atoms with E-state index in [1.165, 1.54) is 11.8 Å². The largest absolute Gasteiger partial charge is 0.285 e. The first kappa shape index (κ1) is 17.4. The van der Waals surface area contributed by atoms with Gasteiger partial charge in [-0.15, -0.1) is 0 Å². The fraction of sp³-hybridized carbons (Fsp3) is 0.105. The Hall–Kier alpha value is -2.44. The lowest BCUT2D eigenvalue weighted by Gasteiger charge is -2.15. The van der Waals surface area contributed by atoms with Gasteiger partial charge in [-0.3, -0.25) is 15.0 Å². The minimum Gasteiger partial charge on any atom is -0.267 e. The number of nitrogens with zero attached hydrogens (tertiary/aromatic N) is 1. The number of hydrazine groups is 1. The van der Waals surface area contributed by atoms with Crippen molar-refractivity contribution in [1.29, 1.82) is 0 Å². The van der Waals surface area contributed by atoms with E-state index < -0.39 is 0 Å². The standard InChI is InChI=1S/C19H16N2O2S2/c1-12-8-9-15(13(2)10-12)11-16-18(23)21(19(24)25-16)20-17(22)14-6-4-3-5-7-14/h3-11H,1-2H3,(H,20,22)/b16-11-. The van der Waals surface area contributed by atoms with E-state index in [9.17, 15) is 9.59 Å². The van der Waals surface area contributed by atoms with Crippen LogP contribution < -0.4 is 5.43 Å². The van der Waals surface area contributed by atoms with Crippen LogP contribution in [0.2, 0.25) is 0 Å². The SMILES string of the molecule is Cc1ccc(/C=C2\SC(=S)N(NC(=O)c3ccccc3)C2=O)c(C)c1. The lowest BCUT2D eigenvalue weighted by Crippen LogP contribution is -2.44. The van der Waals surface area contributed by atoms with Crippen LogP contribution in [0.4, 0.5) is 0 Å². The number of carbonyl (C=O) groups excluding carboxylic acids is 2. The number of rotatable bonds is 3. The summed E-state index contributed by atoms with van der Waals surface area (Å²) >= 11 is 6.43. The third-order valence-corrected chi connectivity index (χ3v) is 5.06. The van der Waals surface area contributed by atoms with Crippen molar-refractivity contribution in [2.75, 3.05) is 0 Å².